The van der Waals surface area contributed by atoms with Gasteiger partial charge in [-0.1, -0.05) is 24.6 Å². The molecular formula is C14H22N2O. The highest BCUT2D eigenvalue weighted by Crippen LogP contribution is 2.04. The van der Waals surface area contributed by atoms with E-state index in [2.05, 4.69) is 17.1 Å². The van der Waals surface area contributed by atoms with E-state index in [1.54, 1.807) is 0 Å². The van der Waals surface area contributed by atoms with Crippen LogP contribution in [-0.4, -0.2) is 38.0 Å². The van der Waals surface area contributed by atoms with Crippen LogP contribution in [0.25, 0.3) is 0 Å². The second-order valence-corrected chi connectivity index (χ2v) is 4.95. The summed E-state index contributed by atoms with van der Waals surface area (Å²) in [7, 11) is 4.08. The van der Waals surface area contributed by atoms with E-state index in [1.807, 2.05) is 45.3 Å². The minimum absolute atomic E-state index is 0.0132. The Morgan fingerprint density at radius 2 is 2.12 bits per heavy atom. The summed E-state index contributed by atoms with van der Waals surface area (Å²) in [6, 6.07) is 7.66. The van der Waals surface area contributed by atoms with Crippen LogP contribution < -0.4 is 5.32 Å². The first-order chi connectivity index (χ1) is 7.99. The maximum Gasteiger partial charge on any atom is 0.251 e. The van der Waals surface area contributed by atoms with Gasteiger partial charge in [0, 0.05) is 18.7 Å². The molecule has 3 nitrogen and oxygen atoms in total. The number of benzene rings is 1. The van der Waals surface area contributed by atoms with Crippen molar-refractivity contribution in [2.45, 2.75) is 13.8 Å². The molecule has 0 spiro atoms. The van der Waals surface area contributed by atoms with Crippen LogP contribution in [-0.2, 0) is 0 Å². The number of nitrogens with zero attached hydrogens (tertiary/aromatic N) is 1. The van der Waals surface area contributed by atoms with Gasteiger partial charge in [-0.25, -0.2) is 0 Å². The predicted molar refractivity (Wildman–Crippen MR) is 71.2 cm³/mol. The summed E-state index contributed by atoms with van der Waals surface area (Å²) in [5.41, 5.74) is 1.85. The van der Waals surface area contributed by atoms with E-state index in [0.717, 1.165) is 17.7 Å². The molecule has 17 heavy (non-hydrogen) atoms. The van der Waals surface area contributed by atoms with Crippen molar-refractivity contribution in [2.75, 3.05) is 27.2 Å². The smallest absolute Gasteiger partial charge is 0.251 e. The predicted octanol–water partition coefficient (Wildman–Crippen LogP) is 1.92. The minimum atomic E-state index is 0.0132. The van der Waals surface area contributed by atoms with Crippen LogP contribution in [0.1, 0.15) is 22.8 Å². The summed E-state index contributed by atoms with van der Waals surface area (Å²) in [6.45, 7) is 5.82. The van der Waals surface area contributed by atoms with Crippen LogP contribution >= 0.6 is 0 Å². The zero-order valence-electron chi connectivity index (χ0n) is 11.2. The average molecular weight is 234 g/mol. The third kappa shape index (κ3) is 5.00. The molecule has 0 aliphatic rings. The molecule has 0 aliphatic carbocycles. The molecule has 0 radical (unpaired) electrons. The van der Waals surface area contributed by atoms with E-state index in [-0.39, 0.29) is 5.91 Å². The quantitative estimate of drug-likeness (QED) is 0.844. The lowest BCUT2D eigenvalue weighted by Gasteiger charge is -2.17. The van der Waals surface area contributed by atoms with Gasteiger partial charge in [0.1, 0.15) is 0 Å². The molecule has 1 aromatic carbocycles. The monoisotopic (exact) mass is 234 g/mol. The first-order valence-electron chi connectivity index (χ1n) is 5.98. The largest absolute Gasteiger partial charge is 0.352 e. The van der Waals surface area contributed by atoms with Crippen LogP contribution in [0, 0.1) is 12.8 Å². The third-order valence-corrected chi connectivity index (χ3v) is 2.57. The second-order valence-electron chi connectivity index (χ2n) is 4.95. The summed E-state index contributed by atoms with van der Waals surface area (Å²) < 4.78 is 0. The first-order valence-corrected chi connectivity index (χ1v) is 5.98. The molecular weight excluding hydrogens is 212 g/mol. The van der Waals surface area contributed by atoms with Crippen molar-refractivity contribution >= 4 is 5.91 Å². The Kier molecular flexibility index (Phi) is 5.16. The normalized spacial score (nSPS) is 12.5. The number of amides is 1. The Morgan fingerprint density at radius 3 is 2.71 bits per heavy atom. The minimum Gasteiger partial charge on any atom is -0.352 e. The van der Waals surface area contributed by atoms with Crippen molar-refractivity contribution in [3.8, 4) is 0 Å². The molecule has 1 aromatic rings. The number of nitrogens with one attached hydrogen (secondary N) is 1. The Labute approximate surface area is 104 Å². The molecule has 1 rings (SSSR count). The topological polar surface area (TPSA) is 32.3 Å². The van der Waals surface area contributed by atoms with Crippen LogP contribution in [0.2, 0.25) is 0 Å². The summed E-state index contributed by atoms with van der Waals surface area (Å²) in [5, 5.41) is 2.97. The number of aryl methyl sites for hydroxylation is 1. The third-order valence-electron chi connectivity index (χ3n) is 2.57. The highest BCUT2D eigenvalue weighted by Gasteiger charge is 2.08. The summed E-state index contributed by atoms with van der Waals surface area (Å²) >= 11 is 0. The second kappa shape index (κ2) is 6.40. The van der Waals surface area contributed by atoms with Gasteiger partial charge in [-0.15, -0.1) is 0 Å². The van der Waals surface area contributed by atoms with E-state index in [9.17, 15) is 4.79 Å². The molecule has 0 saturated heterocycles. The first kappa shape index (κ1) is 13.7. The Bertz CT molecular complexity index is 374. The maximum atomic E-state index is 11.9. The molecule has 0 aromatic heterocycles. The van der Waals surface area contributed by atoms with E-state index in [0.29, 0.717) is 12.5 Å². The lowest BCUT2D eigenvalue weighted by atomic mass is 10.1. The molecule has 1 amide bonds. The van der Waals surface area contributed by atoms with Crippen LogP contribution in [0.5, 0.6) is 0 Å². The van der Waals surface area contributed by atoms with Crippen molar-refractivity contribution in [3.05, 3.63) is 35.4 Å². The number of hydrogen-bond donors (Lipinski definition) is 1. The van der Waals surface area contributed by atoms with E-state index in [4.69, 9.17) is 0 Å². The standard InChI is InChI=1S/C14H22N2O/c1-11-6-5-7-13(8-11)14(17)15-9-12(2)10-16(3)4/h5-8,12H,9-10H2,1-4H3,(H,15,17). The van der Waals surface area contributed by atoms with Crippen LogP contribution in [0.3, 0.4) is 0 Å². The Balaban J connectivity index is 2.45. The summed E-state index contributed by atoms with van der Waals surface area (Å²) in [4.78, 5) is 14.0. The van der Waals surface area contributed by atoms with Crippen LogP contribution in [0.15, 0.2) is 24.3 Å². The summed E-state index contributed by atoms with van der Waals surface area (Å²) in [5.74, 6) is 0.470. The highest BCUT2D eigenvalue weighted by molar-refractivity contribution is 5.94. The van der Waals surface area contributed by atoms with Gasteiger partial charge >= 0.3 is 0 Å². The van der Waals surface area contributed by atoms with Gasteiger partial charge in [0.2, 0.25) is 0 Å². The van der Waals surface area contributed by atoms with Crippen molar-refractivity contribution in [3.63, 3.8) is 0 Å². The number of rotatable bonds is 5. The van der Waals surface area contributed by atoms with E-state index >= 15 is 0 Å². The van der Waals surface area contributed by atoms with Gasteiger partial charge in [0.25, 0.3) is 5.91 Å². The molecule has 3 heteroatoms. The number of hydrogen-bond acceptors (Lipinski definition) is 2. The lowest BCUT2D eigenvalue weighted by molar-refractivity contribution is 0.0946. The maximum absolute atomic E-state index is 11.9. The molecule has 0 aliphatic heterocycles. The zero-order chi connectivity index (χ0) is 12.8. The highest BCUT2D eigenvalue weighted by atomic mass is 16.1. The van der Waals surface area contributed by atoms with Gasteiger partial charge in [-0.05, 0) is 39.1 Å². The molecule has 1 N–H and O–H groups in total. The lowest BCUT2D eigenvalue weighted by Crippen LogP contribution is -2.32. The molecule has 0 bridgehead atoms. The van der Waals surface area contributed by atoms with Crippen molar-refractivity contribution in [1.82, 2.24) is 10.2 Å². The van der Waals surface area contributed by atoms with Crippen molar-refractivity contribution < 1.29 is 4.79 Å². The zero-order valence-corrected chi connectivity index (χ0v) is 11.2. The van der Waals surface area contributed by atoms with Crippen molar-refractivity contribution in [1.29, 1.82) is 0 Å². The summed E-state index contributed by atoms with van der Waals surface area (Å²) in [6.07, 6.45) is 0. The Morgan fingerprint density at radius 1 is 1.41 bits per heavy atom. The van der Waals surface area contributed by atoms with Gasteiger partial charge in [-0.2, -0.15) is 0 Å². The van der Waals surface area contributed by atoms with E-state index < -0.39 is 0 Å². The SMILES string of the molecule is Cc1cccc(C(=O)NCC(C)CN(C)C)c1. The number of carbonyl (C=O) groups is 1. The molecule has 1 unspecified atom stereocenters. The van der Waals surface area contributed by atoms with Crippen LogP contribution in [0.4, 0.5) is 0 Å². The van der Waals surface area contributed by atoms with E-state index in [1.165, 1.54) is 0 Å². The Hall–Kier alpha value is -1.35. The average Bonchev–Trinajstić information content (AvgIpc) is 2.25. The molecule has 0 saturated carbocycles. The molecule has 0 heterocycles. The van der Waals surface area contributed by atoms with Gasteiger partial charge < -0.3 is 10.2 Å². The van der Waals surface area contributed by atoms with Gasteiger partial charge in [-0.3, -0.25) is 4.79 Å². The van der Waals surface area contributed by atoms with Gasteiger partial charge in [0.15, 0.2) is 0 Å². The molecule has 94 valence electrons. The molecule has 1 atom stereocenters. The number of carbonyl (C=O) groups excluding carboxylic acids is 1. The fourth-order valence-electron chi connectivity index (χ4n) is 1.84. The fraction of sp³-hybridized carbons (Fsp3) is 0.500. The van der Waals surface area contributed by atoms with Gasteiger partial charge in [0.05, 0.1) is 0 Å². The van der Waals surface area contributed by atoms with Crippen molar-refractivity contribution in [2.24, 2.45) is 5.92 Å². The molecule has 0 fully saturated rings. The fourth-order valence-corrected chi connectivity index (χ4v) is 1.84.